The van der Waals surface area contributed by atoms with Gasteiger partial charge < -0.3 is 5.11 Å². The molecule has 1 aliphatic carbocycles. The van der Waals surface area contributed by atoms with Crippen LogP contribution in [0.5, 0.6) is 0 Å². The minimum Gasteiger partial charge on any atom is -0.481 e. The van der Waals surface area contributed by atoms with Crippen molar-refractivity contribution in [2.45, 2.75) is 35.7 Å². The number of fused-ring (bicyclic) bond motifs is 1. The third kappa shape index (κ3) is 1.59. The van der Waals surface area contributed by atoms with Crippen molar-refractivity contribution in [3.05, 3.63) is 0 Å². The molecular weight excluding hydrogens is 248 g/mol. The molecule has 1 saturated carbocycles. The summed E-state index contributed by atoms with van der Waals surface area (Å²) < 4.78 is 52.7. The van der Waals surface area contributed by atoms with Gasteiger partial charge in [-0.25, -0.2) is 0 Å². The van der Waals surface area contributed by atoms with E-state index in [2.05, 4.69) is 0 Å². The van der Waals surface area contributed by atoms with Crippen LogP contribution in [0.4, 0.5) is 17.6 Å². The molecule has 2 rings (SSSR count). The summed E-state index contributed by atoms with van der Waals surface area (Å²) in [6.45, 7) is 0. The Labute approximate surface area is 93.4 Å². The molecule has 0 spiro atoms. The van der Waals surface area contributed by atoms with Crippen LogP contribution >= 0.6 is 11.8 Å². The number of carboxylic acid groups (broad SMARTS) is 1. The van der Waals surface area contributed by atoms with Crippen LogP contribution in [0, 0.1) is 11.8 Å². The largest absolute Gasteiger partial charge is 0.481 e. The molecule has 3 atom stereocenters. The van der Waals surface area contributed by atoms with E-state index in [0.29, 0.717) is 0 Å². The molecule has 2 fully saturated rings. The van der Waals surface area contributed by atoms with Crippen LogP contribution in [-0.4, -0.2) is 27.5 Å². The van der Waals surface area contributed by atoms with Crippen molar-refractivity contribution in [3.63, 3.8) is 0 Å². The fourth-order valence-electron chi connectivity index (χ4n) is 2.37. The molecule has 1 heterocycles. The summed E-state index contributed by atoms with van der Waals surface area (Å²) in [5.74, 6) is -7.69. The van der Waals surface area contributed by atoms with Gasteiger partial charge in [-0.1, -0.05) is 11.8 Å². The molecule has 0 aromatic heterocycles. The van der Waals surface area contributed by atoms with E-state index in [0.717, 1.165) is 0 Å². The Morgan fingerprint density at radius 1 is 1.25 bits per heavy atom. The number of carboxylic acids is 1. The van der Waals surface area contributed by atoms with Crippen LogP contribution in [0.25, 0.3) is 0 Å². The third-order valence-electron chi connectivity index (χ3n) is 3.29. The average Bonchev–Trinajstić information content (AvgIpc) is 2.33. The van der Waals surface area contributed by atoms with Crippen LogP contribution in [0.15, 0.2) is 0 Å². The lowest BCUT2D eigenvalue weighted by atomic mass is 9.78. The van der Waals surface area contributed by atoms with Gasteiger partial charge in [-0.3, -0.25) is 4.79 Å². The number of aliphatic carboxylic acids is 1. The summed E-state index contributed by atoms with van der Waals surface area (Å²) in [4.78, 5) is 10.7. The van der Waals surface area contributed by atoms with Crippen LogP contribution < -0.4 is 0 Å². The minimum atomic E-state index is -4.09. The molecule has 16 heavy (non-hydrogen) atoms. The fourth-order valence-corrected chi connectivity index (χ4v) is 3.76. The highest BCUT2D eigenvalue weighted by Crippen LogP contribution is 2.62. The highest BCUT2D eigenvalue weighted by atomic mass is 32.2. The van der Waals surface area contributed by atoms with Crippen LogP contribution in [0.1, 0.15) is 19.3 Å². The van der Waals surface area contributed by atoms with Crippen LogP contribution in [0.2, 0.25) is 0 Å². The predicted molar refractivity (Wildman–Crippen MR) is 49.7 cm³/mol. The van der Waals surface area contributed by atoms with Gasteiger partial charge in [0.2, 0.25) is 0 Å². The first kappa shape index (κ1) is 12.0. The maximum Gasteiger partial charge on any atom is 0.356 e. The second kappa shape index (κ2) is 3.51. The predicted octanol–water partition coefficient (Wildman–Crippen LogP) is 2.83. The lowest BCUT2D eigenvalue weighted by Crippen LogP contribution is -2.42. The summed E-state index contributed by atoms with van der Waals surface area (Å²) in [7, 11) is 0. The van der Waals surface area contributed by atoms with Crippen LogP contribution in [-0.2, 0) is 4.79 Å². The number of thioether (sulfide) groups is 1. The monoisotopic (exact) mass is 258 g/mol. The molecule has 0 aromatic carbocycles. The molecule has 0 amide bonds. The first-order valence-corrected chi connectivity index (χ1v) is 5.80. The number of hydrogen-bond donors (Lipinski definition) is 1. The molecule has 1 saturated heterocycles. The molecule has 0 radical (unpaired) electrons. The Bertz CT molecular complexity index is 321. The number of alkyl halides is 4. The summed E-state index contributed by atoms with van der Waals surface area (Å²) in [5.41, 5.74) is 0. The fraction of sp³-hybridized carbons (Fsp3) is 0.889. The lowest BCUT2D eigenvalue weighted by Gasteiger charge is -2.31. The maximum absolute atomic E-state index is 13.3. The average molecular weight is 258 g/mol. The first-order chi connectivity index (χ1) is 7.25. The summed E-state index contributed by atoms with van der Waals surface area (Å²) in [6.07, 6.45) is -0.0251. The topological polar surface area (TPSA) is 37.3 Å². The van der Waals surface area contributed by atoms with Crippen molar-refractivity contribution in [1.82, 2.24) is 0 Å². The van der Waals surface area contributed by atoms with Crippen molar-refractivity contribution >= 4 is 17.7 Å². The van der Waals surface area contributed by atoms with E-state index in [1.807, 2.05) is 0 Å². The zero-order chi connectivity index (χ0) is 12.1. The van der Waals surface area contributed by atoms with E-state index in [4.69, 9.17) is 5.11 Å². The van der Waals surface area contributed by atoms with Gasteiger partial charge in [0.1, 0.15) is 0 Å². The Morgan fingerprint density at radius 3 is 2.44 bits per heavy atom. The Morgan fingerprint density at radius 2 is 1.88 bits per heavy atom. The third-order valence-corrected chi connectivity index (χ3v) is 4.72. The Kier molecular flexibility index (Phi) is 2.64. The van der Waals surface area contributed by atoms with Gasteiger partial charge in [-0.05, 0) is 19.3 Å². The number of carbonyl (C=O) groups is 1. The van der Waals surface area contributed by atoms with E-state index >= 15 is 0 Å². The van der Waals surface area contributed by atoms with Gasteiger partial charge in [0.15, 0.2) is 0 Å². The van der Waals surface area contributed by atoms with Gasteiger partial charge >= 0.3 is 17.1 Å². The number of hydrogen-bond acceptors (Lipinski definition) is 2. The van der Waals surface area contributed by atoms with Crippen molar-refractivity contribution in [1.29, 1.82) is 0 Å². The van der Waals surface area contributed by atoms with E-state index in [1.54, 1.807) is 0 Å². The van der Waals surface area contributed by atoms with Gasteiger partial charge in [-0.2, -0.15) is 17.6 Å². The molecule has 92 valence electrons. The molecule has 1 N–H and O–H groups in total. The van der Waals surface area contributed by atoms with Gasteiger partial charge in [0, 0.05) is 11.2 Å². The smallest absolute Gasteiger partial charge is 0.356 e. The summed E-state index contributed by atoms with van der Waals surface area (Å²) >= 11 is -0.00381. The Hall–Kier alpha value is -0.460. The van der Waals surface area contributed by atoms with E-state index in [9.17, 15) is 22.4 Å². The number of rotatable bonds is 1. The molecular formula is C9H10F4O2S. The Balaban J connectivity index is 2.21. The van der Waals surface area contributed by atoms with Crippen molar-refractivity contribution in [2.75, 3.05) is 0 Å². The van der Waals surface area contributed by atoms with E-state index < -0.39 is 34.2 Å². The highest BCUT2D eigenvalue weighted by Gasteiger charge is 2.70. The first-order valence-electron chi connectivity index (χ1n) is 4.92. The zero-order valence-corrected chi connectivity index (χ0v) is 8.95. The van der Waals surface area contributed by atoms with E-state index in [-0.39, 0.29) is 31.0 Å². The minimum absolute atomic E-state index is 0.00381. The van der Waals surface area contributed by atoms with Crippen molar-refractivity contribution < 1.29 is 27.5 Å². The quantitative estimate of drug-likeness (QED) is 0.735. The molecule has 0 bridgehead atoms. The maximum atomic E-state index is 13.3. The van der Waals surface area contributed by atoms with Gasteiger partial charge in [0.25, 0.3) is 0 Å². The van der Waals surface area contributed by atoms with Gasteiger partial charge in [-0.15, -0.1) is 0 Å². The molecule has 1 aliphatic heterocycles. The molecule has 3 unspecified atom stereocenters. The van der Waals surface area contributed by atoms with Crippen LogP contribution in [0.3, 0.4) is 0 Å². The molecule has 2 nitrogen and oxygen atoms in total. The van der Waals surface area contributed by atoms with Crippen molar-refractivity contribution in [2.24, 2.45) is 11.8 Å². The zero-order valence-electron chi connectivity index (χ0n) is 8.13. The summed E-state index contributed by atoms with van der Waals surface area (Å²) in [5, 5.41) is 3.84. The standard InChI is InChI=1S/C9H10F4O2S/c10-8(11)5-3-4(7(14)15)1-2-6(5)16-9(8,12)13/h4-6H,1-3H2,(H,14,15). The van der Waals surface area contributed by atoms with E-state index in [1.165, 1.54) is 0 Å². The normalized spacial score (nSPS) is 40.4. The SMILES string of the molecule is O=C(O)C1CCC2SC(F)(F)C(F)(F)C2C1. The molecule has 0 aromatic rings. The summed E-state index contributed by atoms with van der Waals surface area (Å²) in [6, 6.07) is 0. The highest BCUT2D eigenvalue weighted by molar-refractivity contribution is 8.01. The number of halogens is 4. The van der Waals surface area contributed by atoms with Gasteiger partial charge in [0.05, 0.1) is 5.92 Å². The second-order valence-electron chi connectivity index (χ2n) is 4.25. The molecule has 2 aliphatic rings. The molecule has 7 heteroatoms. The second-order valence-corrected chi connectivity index (χ2v) is 5.60. The van der Waals surface area contributed by atoms with Crippen molar-refractivity contribution in [3.8, 4) is 0 Å². The lowest BCUT2D eigenvalue weighted by molar-refractivity contribution is -0.182.